The zero-order chi connectivity index (χ0) is 9.90. The monoisotopic (exact) mass is 182 g/mol. The highest BCUT2D eigenvalue weighted by Gasteiger charge is 2.27. The van der Waals surface area contributed by atoms with Crippen molar-refractivity contribution in [2.24, 2.45) is 0 Å². The van der Waals surface area contributed by atoms with Crippen molar-refractivity contribution in [2.45, 2.75) is 32.3 Å². The van der Waals surface area contributed by atoms with Gasteiger partial charge in [0.2, 0.25) is 0 Å². The maximum atomic E-state index is 11.5. The Morgan fingerprint density at radius 2 is 2.38 bits per heavy atom. The Hall–Kier alpha value is -1.09. The van der Waals surface area contributed by atoms with E-state index < -0.39 is 5.60 Å². The Kier molecular flexibility index (Phi) is 2.88. The first-order chi connectivity index (χ1) is 6.06. The van der Waals surface area contributed by atoms with Gasteiger partial charge >= 0.3 is 0 Å². The summed E-state index contributed by atoms with van der Waals surface area (Å²) in [6, 6.07) is 3.45. The Balaban J connectivity index is 2.61. The molecule has 1 atom stereocenters. The minimum Gasteiger partial charge on any atom is -0.469 e. The van der Waals surface area contributed by atoms with Crippen LogP contribution in [0, 0.1) is 0 Å². The normalized spacial score (nSPS) is 15.3. The van der Waals surface area contributed by atoms with Crippen molar-refractivity contribution in [3.05, 3.63) is 24.2 Å². The van der Waals surface area contributed by atoms with Crippen LogP contribution in [0.5, 0.6) is 0 Å². The molecule has 3 heteroatoms. The molecule has 1 N–H and O–H groups in total. The quantitative estimate of drug-likeness (QED) is 0.768. The van der Waals surface area contributed by atoms with Crippen molar-refractivity contribution in [3.8, 4) is 0 Å². The summed E-state index contributed by atoms with van der Waals surface area (Å²) >= 11 is 0. The van der Waals surface area contributed by atoms with Gasteiger partial charge in [0.25, 0.3) is 0 Å². The molecule has 1 unspecified atom stereocenters. The molecule has 3 nitrogen and oxygen atoms in total. The first-order valence-electron chi connectivity index (χ1n) is 4.34. The van der Waals surface area contributed by atoms with Gasteiger partial charge in [0.15, 0.2) is 5.78 Å². The smallest absolute Gasteiger partial charge is 0.171 e. The van der Waals surface area contributed by atoms with Gasteiger partial charge < -0.3 is 9.52 Å². The third-order valence-electron chi connectivity index (χ3n) is 2.20. The number of aliphatic hydroxyl groups is 1. The van der Waals surface area contributed by atoms with Crippen molar-refractivity contribution in [1.82, 2.24) is 0 Å². The Bertz CT molecular complexity index is 272. The van der Waals surface area contributed by atoms with Gasteiger partial charge in [0.05, 0.1) is 12.7 Å². The molecule has 0 bridgehead atoms. The average Bonchev–Trinajstić information content (AvgIpc) is 2.57. The highest BCUT2D eigenvalue weighted by molar-refractivity contribution is 5.87. The number of Topliss-reactive ketones (excluding diaryl/α,β-unsaturated/α-hetero) is 1. The van der Waals surface area contributed by atoms with Crippen molar-refractivity contribution < 1.29 is 14.3 Å². The molecule has 1 rings (SSSR count). The summed E-state index contributed by atoms with van der Waals surface area (Å²) in [6.45, 7) is 3.30. The lowest BCUT2D eigenvalue weighted by Crippen LogP contribution is -2.35. The lowest BCUT2D eigenvalue weighted by atomic mass is 9.95. The predicted molar refractivity (Wildman–Crippen MR) is 48.3 cm³/mol. The molecule has 0 aromatic carbocycles. The van der Waals surface area contributed by atoms with E-state index in [2.05, 4.69) is 0 Å². The van der Waals surface area contributed by atoms with E-state index in [1.807, 2.05) is 0 Å². The highest BCUT2D eigenvalue weighted by Crippen LogP contribution is 2.13. The topological polar surface area (TPSA) is 50.4 Å². The molecule has 0 aliphatic heterocycles. The molecule has 0 amide bonds. The average molecular weight is 182 g/mol. The van der Waals surface area contributed by atoms with E-state index in [0.29, 0.717) is 12.2 Å². The molecular weight excluding hydrogens is 168 g/mol. The summed E-state index contributed by atoms with van der Waals surface area (Å²) in [5.41, 5.74) is -1.23. The van der Waals surface area contributed by atoms with Crippen LogP contribution in [0.4, 0.5) is 0 Å². The van der Waals surface area contributed by atoms with Gasteiger partial charge in [-0.05, 0) is 25.5 Å². The first kappa shape index (κ1) is 9.99. The van der Waals surface area contributed by atoms with Gasteiger partial charge in [0.1, 0.15) is 11.4 Å². The van der Waals surface area contributed by atoms with Crippen LogP contribution < -0.4 is 0 Å². The SMILES string of the molecule is CCC(C)(O)C(=O)Cc1ccco1. The third kappa shape index (κ3) is 2.42. The van der Waals surface area contributed by atoms with Crippen molar-refractivity contribution in [1.29, 1.82) is 0 Å². The molecule has 0 aliphatic rings. The van der Waals surface area contributed by atoms with Crippen molar-refractivity contribution in [3.63, 3.8) is 0 Å². The molecule has 0 radical (unpaired) electrons. The van der Waals surface area contributed by atoms with Crippen molar-refractivity contribution in [2.75, 3.05) is 0 Å². The molecule has 0 saturated heterocycles. The first-order valence-corrected chi connectivity index (χ1v) is 4.34. The minimum atomic E-state index is -1.23. The van der Waals surface area contributed by atoms with E-state index in [1.54, 1.807) is 19.1 Å². The van der Waals surface area contributed by atoms with Gasteiger partial charge in [-0.1, -0.05) is 6.92 Å². The molecule has 0 spiro atoms. The lowest BCUT2D eigenvalue weighted by molar-refractivity contribution is -0.135. The van der Waals surface area contributed by atoms with E-state index in [9.17, 15) is 9.90 Å². The highest BCUT2D eigenvalue weighted by atomic mass is 16.3. The van der Waals surface area contributed by atoms with Crippen LogP contribution in [-0.4, -0.2) is 16.5 Å². The number of carbonyl (C=O) groups is 1. The summed E-state index contributed by atoms with van der Waals surface area (Å²) in [6.07, 6.45) is 2.10. The molecule has 1 aromatic heterocycles. The second-order valence-electron chi connectivity index (χ2n) is 3.31. The summed E-state index contributed by atoms with van der Waals surface area (Å²) < 4.78 is 5.01. The predicted octanol–water partition coefficient (Wildman–Crippen LogP) is 1.55. The fourth-order valence-electron chi connectivity index (χ4n) is 0.959. The van der Waals surface area contributed by atoms with Gasteiger partial charge in [-0.2, -0.15) is 0 Å². The maximum Gasteiger partial charge on any atom is 0.171 e. The van der Waals surface area contributed by atoms with E-state index >= 15 is 0 Å². The summed E-state index contributed by atoms with van der Waals surface area (Å²) in [5.74, 6) is 0.392. The number of furan rings is 1. The minimum absolute atomic E-state index is 0.161. The fourth-order valence-corrected chi connectivity index (χ4v) is 0.959. The standard InChI is InChI=1S/C10H14O3/c1-3-10(2,12)9(11)7-8-5-4-6-13-8/h4-6,12H,3,7H2,1-2H3. The zero-order valence-electron chi connectivity index (χ0n) is 7.91. The van der Waals surface area contributed by atoms with Crippen LogP contribution >= 0.6 is 0 Å². The van der Waals surface area contributed by atoms with Crippen molar-refractivity contribution >= 4 is 5.78 Å². The maximum absolute atomic E-state index is 11.5. The van der Waals surface area contributed by atoms with Crippen LogP contribution in [0.25, 0.3) is 0 Å². The second-order valence-corrected chi connectivity index (χ2v) is 3.31. The van der Waals surface area contributed by atoms with E-state index in [4.69, 9.17) is 4.42 Å². The van der Waals surface area contributed by atoms with Crippen LogP contribution in [-0.2, 0) is 11.2 Å². The molecule has 0 saturated carbocycles. The van der Waals surface area contributed by atoms with Crippen LogP contribution in [0.3, 0.4) is 0 Å². The second kappa shape index (κ2) is 3.75. The van der Waals surface area contributed by atoms with Gasteiger partial charge in [-0.3, -0.25) is 4.79 Å². The van der Waals surface area contributed by atoms with Crippen LogP contribution in [0.2, 0.25) is 0 Å². The van der Waals surface area contributed by atoms with E-state index in [-0.39, 0.29) is 12.2 Å². The molecule has 0 fully saturated rings. The third-order valence-corrected chi connectivity index (χ3v) is 2.20. The Labute approximate surface area is 77.4 Å². The van der Waals surface area contributed by atoms with Gasteiger partial charge in [-0.25, -0.2) is 0 Å². The van der Waals surface area contributed by atoms with E-state index in [0.717, 1.165) is 0 Å². The lowest BCUT2D eigenvalue weighted by Gasteiger charge is -2.18. The number of hydrogen-bond donors (Lipinski definition) is 1. The molecule has 72 valence electrons. The fraction of sp³-hybridized carbons (Fsp3) is 0.500. The Morgan fingerprint density at radius 3 is 2.85 bits per heavy atom. The number of hydrogen-bond acceptors (Lipinski definition) is 3. The van der Waals surface area contributed by atoms with Gasteiger partial charge in [-0.15, -0.1) is 0 Å². The number of carbonyl (C=O) groups excluding carboxylic acids is 1. The number of rotatable bonds is 4. The molecular formula is C10H14O3. The Morgan fingerprint density at radius 1 is 1.69 bits per heavy atom. The summed E-state index contributed by atoms with van der Waals surface area (Å²) in [4.78, 5) is 11.5. The summed E-state index contributed by atoms with van der Waals surface area (Å²) in [7, 11) is 0. The van der Waals surface area contributed by atoms with Crippen LogP contribution in [0.1, 0.15) is 26.0 Å². The molecule has 1 heterocycles. The number of ketones is 1. The molecule has 0 aliphatic carbocycles. The summed E-state index contributed by atoms with van der Waals surface area (Å²) in [5, 5.41) is 9.60. The molecule has 13 heavy (non-hydrogen) atoms. The largest absolute Gasteiger partial charge is 0.469 e. The molecule has 1 aromatic rings. The van der Waals surface area contributed by atoms with E-state index in [1.165, 1.54) is 13.2 Å². The van der Waals surface area contributed by atoms with Crippen LogP contribution in [0.15, 0.2) is 22.8 Å². The van der Waals surface area contributed by atoms with Gasteiger partial charge in [0, 0.05) is 0 Å². The zero-order valence-corrected chi connectivity index (χ0v) is 7.91.